The van der Waals surface area contributed by atoms with Gasteiger partial charge in [0.05, 0.1) is 10.0 Å². The summed E-state index contributed by atoms with van der Waals surface area (Å²) >= 11 is 3.20. The zero-order chi connectivity index (χ0) is 10.8. The van der Waals surface area contributed by atoms with Crippen molar-refractivity contribution >= 4 is 22.0 Å². The summed E-state index contributed by atoms with van der Waals surface area (Å²) in [6.07, 6.45) is 2.06. The summed E-state index contributed by atoms with van der Waals surface area (Å²) in [5, 5.41) is 10.9. The number of carbonyl (C=O) groups is 1. The second-order valence-electron chi connectivity index (χ2n) is 3.28. The van der Waals surface area contributed by atoms with Crippen molar-refractivity contribution in [1.82, 2.24) is 15.3 Å². The van der Waals surface area contributed by atoms with Gasteiger partial charge in [-0.05, 0) is 29.8 Å². The van der Waals surface area contributed by atoms with Crippen LogP contribution in [0.4, 0.5) is 4.79 Å². The van der Waals surface area contributed by atoms with E-state index < -0.39 is 11.6 Å². The van der Waals surface area contributed by atoms with Gasteiger partial charge in [0.25, 0.3) is 0 Å². The van der Waals surface area contributed by atoms with Crippen molar-refractivity contribution < 1.29 is 9.90 Å². The molecule has 1 aromatic heterocycles. The number of hydrogen-bond acceptors (Lipinski definition) is 3. The van der Waals surface area contributed by atoms with Gasteiger partial charge in [-0.15, -0.1) is 0 Å². The Kier molecular flexibility index (Phi) is 3.05. The van der Waals surface area contributed by atoms with Gasteiger partial charge in [-0.1, -0.05) is 0 Å². The van der Waals surface area contributed by atoms with Gasteiger partial charge in [0.1, 0.15) is 0 Å². The highest BCUT2D eigenvalue weighted by molar-refractivity contribution is 9.10. The lowest BCUT2D eigenvalue weighted by Gasteiger charge is -2.22. The number of rotatable bonds is 2. The molecular formula is C8H10BrN3O2. The predicted molar refractivity (Wildman–Crippen MR) is 53.9 cm³/mol. The first kappa shape index (κ1) is 10.9. The topological polar surface area (TPSA) is 75.1 Å². The van der Waals surface area contributed by atoms with Gasteiger partial charge >= 0.3 is 6.09 Å². The van der Waals surface area contributed by atoms with E-state index in [1.807, 2.05) is 0 Å². The highest BCUT2D eigenvalue weighted by atomic mass is 79.9. The van der Waals surface area contributed by atoms with Crippen molar-refractivity contribution in [2.75, 3.05) is 0 Å². The molecule has 1 heterocycles. The average Bonchev–Trinajstić information content (AvgIpc) is 2.02. The molecule has 0 unspecified atom stereocenters. The van der Waals surface area contributed by atoms with Crippen LogP contribution in [-0.4, -0.2) is 21.2 Å². The summed E-state index contributed by atoms with van der Waals surface area (Å²) in [5.74, 6) is 0.433. The van der Waals surface area contributed by atoms with E-state index in [9.17, 15) is 4.79 Å². The Morgan fingerprint density at radius 2 is 2.00 bits per heavy atom. The molecule has 0 aliphatic carbocycles. The average molecular weight is 260 g/mol. The zero-order valence-corrected chi connectivity index (χ0v) is 9.37. The highest BCUT2D eigenvalue weighted by Crippen LogP contribution is 2.16. The number of nitrogens with one attached hydrogen (secondary N) is 1. The van der Waals surface area contributed by atoms with Crippen LogP contribution < -0.4 is 5.32 Å². The largest absolute Gasteiger partial charge is 0.465 e. The van der Waals surface area contributed by atoms with E-state index in [-0.39, 0.29) is 0 Å². The first-order valence-electron chi connectivity index (χ1n) is 3.91. The lowest BCUT2D eigenvalue weighted by Crippen LogP contribution is -2.41. The number of hydrogen-bond donors (Lipinski definition) is 2. The van der Waals surface area contributed by atoms with Gasteiger partial charge in [0.2, 0.25) is 0 Å². The van der Waals surface area contributed by atoms with E-state index in [1.165, 1.54) is 0 Å². The molecule has 6 heteroatoms. The molecule has 0 radical (unpaired) electrons. The van der Waals surface area contributed by atoms with E-state index in [2.05, 4.69) is 31.2 Å². The van der Waals surface area contributed by atoms with Gasteiger partial charge in [0, 0.05) is 12.4 Å². The minimum Gasteiger partial charge on any atom is -0.465 e. The van der Waals surface area contributed by atoms with E-state index >= 15 is 0 Å². The van der Waals surface area contributed by atoms with Crippen molar-refractivity contribution in [1.29, 1.82) is 0 Å². The minimum atomic E-state index is -1.10. The molecule has 0 saturated heterocycles. The molecule has 0 bridgehead atoms. The summed E-state index contributed by atoms with van der Waals surface area (Å²) < 4.78 is 0.757. The summed E-state index contributed by atoms with van der Waals surface area (Å²) in [7, 11) is 0. The third-order valence-corrected chi connectivity index (χ3v) is 2.01. The van der Waals surface area contributed by atoms with Crippen LogP contribution in [0.15, 0.2) is 16.9 Å². The van der Waals surface area contributed by atoms with Crippen molar-refractivity contribution in [3.63, 3.8) is 0 Å². The molecule has 5 nitrogen and oxygen atoms in total. The van der Waals surface area contributed by atoms with Gasteiger partial charge in [0.15, 0.2) is 5.82 Å². The number of aromatic nitrogens is 2. The lowest BCUT2D eigenvalue weighted by molar-refractivity contribution is 0.181. The second kappa shape index (κ2) is 3.91. The van der Waals surface area contributed by atoms with Crippen molar-refractivity contribution in [2.24, 2.45) is 0 Å². The molecule has 14 heavy (non-hydrogen) atoms. The Hall–Kier alpha value is -1.17. The standard InChI is InChI=1S/C8H10BrN3O2/c1-8(2,12-7(13)14)6-10-3-5(9)4-11-6/h3-4,12H,1-2H3,(H,13,14). The molecule has 2 N–H and O–H groups in total. The Morgan fingerprint density at radius 3 is 2.43 bits per heavy atom. The van der Waals surface area contributed by atoms with Crippen LogP contribution >= 0.6 is 15.9 Å². The van der Waals surface area contributed by atoms with Crippen molar-refractivity contribution in [3.05, 3.63) is 22.7 Å². The van der Waals surface area contributed by atoms with E-state index in [0.29, 0.717) is 5.82 Å². The summed E-state index contributed by atoms with van der Waals surface area (Å²) in [6, 6.07) is 0. The molecule has 1 amide bonds. The Labute approximate surface area is 89.7 Å². The third kappa shape index (κ3) is 2.66. The van der Waals surface area contributed by atoms with Crippen LogP contribution in [0.1, 0.15) is 19.7 Å². The minimum absolute atomic E-state index is 0.433. The van der Waals surface area contributed by atoms with Gasteiger partial charge in [-0.25, -0.2) is 14.8 Å². The molecular weight excluding hydrogens is 250 g/mol. The summed E-state index contributed by atoms with van der Waals surface area (Å²) in [6.45, 7) is 3.40. The van der Waals surface area contributed by atoms with Crippen LogP contribution in [0.5, 0.6) is 0 Å². The maximum Gasteiger partial charge on any atom is 0.405 e. The molecule has 0 fully saturated rings. The molecule has 0 aliphatic rings. The molecule has 76 valence electrons. The first-order chi connectivity index (χ1) is 6.42. The number of amides is 1. The number of halogens is 1. The normalized spacial score (nSPS) is 11.1. The van der Waals surface area contributed by atoms with E-state index in [0.717, 1.165) is 4.47 Å². The molecule has 0 saturated carbocycles. The van der Waals surface area contributed by atoms with Gasteiger partial charge < -0.3 is 10.4 Å². The van der Waals surface area contributed by atoms with Crippen LogP contribution in [0.25, 0.3) is 0 Å². The maximum atomic E-state index is 10.5. The SMILES string of the molecule is CC(C)(NC(=O)O)c1ncc(Br)cn1. The zero-order valence-electron chi connectivity index (χ0n) is 7.78. The maximum absolute atomic E-state index is 10.5. The molecule has 0 atom stereocenters. The monoisotopic (exact) mass is 259 g/mol. The lowest BCUT2D eigenvalue weighted by atomic mass is 10.1. The highest BCUT2D eigenvalue weighted by Gasteiger charge is 2.25. The molecule has 1 aromatic rings. The summed E-state index contributed by atoms with van der Waals surface area (Å²) in [4.78, 5) is 18.5. The molecule has 0 aromatic carbocycles. The number of carboxylic acid groups (broad SMARTS) is 1. The Balaban J connectivity index is 2.91. The smallest absolute Gasteiger partial charge is 0.405 e. The molecule has 0 spiro atoms. The van der Waals surface area contributed by atoms with E-state index in [1.54, 1.807) is 26.2 Å². The molecule has 1 rings (SSSR count). The van der Waals surface area contributed by atoms with Crippen LogP contribution in [0.2, 0.25) is 0 Å². The fraction of sp³-hybridized carbons (Fsp3) is 0.375. The first-order valence-corrected chi connectivity index (χ1v) is 4.70. The van der Waals surface area contributed by atoms with Crippen molar-refractivity contribution in [3.8, 4) is 0 Å². The van der Waals surface area contributed by atoms with Crippen LogP contribution in [0.3, 0.4) is 0 Å². The predicted octanol–water partition coefficient (Wildman–Crippen LogP) is 1.74. The van der Waals surface area contributed by atoms with Crippen LogP contribution in [0, 0.1) is 0 Å². The second-order valence-corrected chi connectivity index (χ2v) is 4.20. The fourth-order valence-electron chi connectivity index (χ4n) is 0.958. The third-order valence-electron chi connectivity index (χ3n) is 1.60. The van der Waals surface area contributed by atoms with Crippen LogP contribution in [-0.2, 0) is 5.54 Å². The van der Waals surface area contributed by atoms with Gasteiger partial charge in [-0.3, -0.25) is 0 Å². The Bertz CT molecular complexity index is 337. The number of nitrogens with zero attached hydrogens (tertiary/aromatic N) is 2. The molecule has 0 aliphatic heterocycles. The quantitative estimate of drug-likeness (QED) is 0.849. The Morgan fingerprint density at radius 1 is 1.50 bits per heavy atom. The summed E-state index contributed by atoms with van der Waals surface area (Å²) in [5.41, 5.74) is -0.785. The van der Waals surface area contributed by atoms with Crippen molar-refractivity contribution in [2.45, 2.75) is 19.4 Å². The fourth-order valence-corrected chi connectivity index (χ4v) is 1.16. The van der Waals surface area contributed by atoms with E-state index in [4.69, 9.17) is 5.11 Å². The van der Waals surface area contributed by atoms with Gasteiger partial charge in [-0.2, -0.15) is 0 Å².